The highest BCUT2D eigenvalue weighted by Gasteiger charge is 2.62. The molecule has 0 aromatic heterocycles. The van der Waals surface area contributed by atoms with Crippen LogP contribution in [0.3, 0.4) is 0 Å². The number of hydrogen-bond donors (Lipinski definition) is 5. The average molecular weight is 477 g/mol. The third-order valence-electron chi connectivity index (χ3n) is 11.6. The first-order valence-corrected chi connectivity index (χ1v) is 14.9. The number of aliphatic hydroxyl groups is 1. The van der Waals surface area contributed by atoms with Gasteiger partial charge in [-0.05, 0) is 143 Å². The second-order valence-electron chi connectivity index (χ2n) is 13.3. The number of rotatable bonds is 11. The van der Waals surface area contributed by atoms with Crippen molar-refractivity contribution in [3.05, 3.63) is 0 Å². The monoisotopic (exact) mass is 476 g/mol. The Kier molecular flexibility index (Phi) is 9.05. The highest BCUT2D eigenvalue weighted by Crippen LogP contribution is 2.67. The van der Waals surface area contributed by atoms with Gasteiger partial charge in [-0.1, -0.05) is 20.8 Å². The van der Waals surface area contributed by atoms with E-state index in [2.05, 4.69) is 31.4 Å². The van der Waals surface area contributed by atoms with E-state index >= 15 is 0 Å². The maximum Gasteiger partial charge on any atom is 0.0459 e. The molecule has 4 aliphatic rings. The summed E-state index contributed by atoms with van der Waals surface area (Å²) in [5.74, 6) is 4.16. The summed E-state index contributed by atoms with van der Waals surface area (Å²) >= 11 is 0. The van der Waals surface area contributed by atoms with Crippen molar-refractivity contribution < 1.29 is 5.11 Å². The van der Waals surface area contributed by atoms with Gasteiger partial charge in [0.15, 0.2) is 0 Å². The minimum absolute atomic E-state index is 0.339. The van der Waals surface area contributed by atoms with Crippen molar-refractivity contribution in [2.24, 2.45) is 57.8 Å². The van der Waals surface area contributed by atoms with Gasteiger partial charge in [0.1, 0.15) is 0 Å². The summed E-state index contributed by atoms with van der Waals surface area (Å²) in [6.07, 6.45) is 14.1. The second kappa shape index (κ2) is 11.5. The summed E-state index contributed by atoms with van der Waals surface area (Å²) in [4.78, 5) is 0. The van der Waals surface area contributed by atoms with E-state index < -0.39 is 0 Å². The van der Waals surface area contributed by atoms with Crippen LogP contribution in [0.25, 0.3) is 0 Å². The van der Waals surface area contributed by atoms with Gasteiger partial charge in [-0.3, -0.25) is 0 Å². The topological polar surface area (TPSA) is 96.3 Å². The van der Waals surface area contributed by atoms with Crippen LogP contribution in [0.2, 0.25) is 0 Å². The molecule has 0 aromatic carbocycles. The highest BCUT2D eigenvalue weighted by atomic mass is 16.3. The Bertz CT molecular complexity index is 646. The zero-order valence-electron chi connectivity index (χ0n) is 22.5. The molecule has 10 atom stereocenters. The Morgan fingerprint density at radius 3 is 2.41 bits per heavy atom. The number of fused-ring (bicyclic) bond motifs is 5. The first-order chi connectivity index (χ1) is 16.3. The van der Waals surface area contributed by atoms with E-state index in [0.29, 0.717) is 47.3 Å². The Balaban J connectivity index is 1.31. The molecule has 4 fully saturated rings. The van der Waals surface area contributed by atoms with E-state index in [-0.39, 0.29) is 0 Å². The number of nitrogens with two attached hydrogens (primary N) is 2. The zero-order chi connectivity index (χ0) is 24.3. The average Bonchev–Trinajstić information content (AvgIpc) is 3.18. The molecule has 198 valence electrons. The lowest BCUT2D eigenvalue weighted by Crippen LogP contribution is -2.61. The summed E-state index contributed by atoms with van der Waals surface area (Å²) in [6, 6.07) is 1.04. The molecule has 0 radical (unpaired) electrons. The molecule has 0 aliphatic heterocycles. The first kappa shape index (κ1) is 26.9. The molecule has 4 aliphatic carbocycles. The van der Waals surface area contributed by atoms with Gasteiger partial charge in [0.25, 0.3) is 0 Å². The fourth-order valence-electron chi connectivity index (χ4n) is 9.65. The molecule has 4 rings (SSSR count). The zero-order valence-corrected chi connectivity index (χ0v) is 22.5. The van der Waals surface area contributed by atoms with Crippen LogP contribution in [-0.4, -0.2) is 50.0 Å². The van der Waals surface area contributed by atoms with Gasteiger partial charge in [-0.15, -0.1) is 0 Å². The maximum atomic E-state index is 9.90. The van der Waals surface area contributed by atoms with Crippen molar-refractivity contribution in [3.63, 3.8) is 0 Å². The minimum Gasteiger partial charge on any atom is -0.396 e. The van der Waals surface area contributed by atoms with Crippen LogP contribution in [0.1, 0.15) is 91.4 Å². The van der Waals surface area contributed by atoms with E-state index in [1.165, 1.54) is 64.2 Å². The molecule has 0 aromatic rings. The lowest BCUT2D eigenvalue weighted by atomic mass is 9.43. The van der Waals surface area contributed by atoms with E-state index in [1.807, 2.05) is 0 Å². The third kappa shape index (κ3) is 5.11. The largest absolute Gasteiger partial charge is 0.396 e. The predicted molar refractivity (Wildman–Crippen MR) is 142 cm³/mol. The normalized spacial score (nSPS) is 44.8. The van der Waals surface area contributed by atoms with Crippen LogP contribution < -0.4 is 22.1 Å². The Morgan fingerprint density at radius 2 is 1.65 bits per heavy atom. The van der Waals surface area contributed by atoms with Gasteiger partial charge in [-0.2, -0.15) is 0 Å². The van der Waals surface area contributed by atoms with Gasteiger partial charge < -0.3 is 27.2 Å². The van der Waals surface area contributed by atoms with Crippen molar-refractivity contribution in [1.82, 2.24) is 10.6 Å². The Labute approximate surface area is 210 Å². The molecule has 7 N–H and O–H groups in total. The molecule has 0 heterocycles. The molecule has 0 bridgehead atoms. The summed E-state index contributed by atoms with van der Waals surface area (Å²) in [5.41, 5.74) is 13.5. The molecule has 0 unspecified atom stereocenters. The van der Waals surface area contributed by atoms with Crippen molar-refractivity contribution in [1.29, 1.82) is 0 Å². The molecule has 0 spiro atoms. The molecular formula is C29H56N4O. The maximum absolute atomic E-state index is 9.90. The lowest BCUT2D eigenvalue weighted by molar-refractivity contribution is -0.127. The summed E-state index contributed by atoms with van der Waals surface area (Å²) in [5, 5.41) is 17.4. The molecule has 5 nitrogen and oxygen atoms in total. The van der Waals surface area contributed by atoms with E-state index in [0.717, 1.165) is 50.4 Å². The Morgan fingerprint density at radius 1 is 0.912 bits per heavy atom. The van der Waals surface area contributed by atoms with Crippen LogP contribution in [-0.2, 0) is 0 Å². The highest BCUT2D eigenvalue weighted by molar-refractivity contribution is 5.12. The number of nitrogens with one attached hydrogen (secondary N) is 2. The molecular weight excluding hydrogens is 420 g/mol. The van der Waals surface area contributed by atoms with Crippen LogP contribution in [0.4, 0.5) is 0 Å². The fourth-order valence-corrected chi connectivity index (χ4v) is 9.65. The first-order valence-electron chi connectivity index (χ1n) is 14.9. The van der Waals surface area contributed by atoms with Gasteiger partial charge in [0, 0.05) is 18.7 Å². The number of unbranched alkanes of at least 4 members (excludes halogenated alkanes) is 1. The number of aliphatic hydroxyl groups excluding tert-OH is 1. The molecule has 34 heavy (non-hydrogen) atoms. The van der Waals surface area contributed by atoms with Crippen molar-refractivity contribution >= 4 is 0 Å². The minimum atomic E-state index is 0.339. The third-order valence-corrected chi connectivity index (χ3v) is 11.6. The molecule has 5 heteroatoms. The van der Waals surface area contributed by atoms with Crippen LogP contribution in [0.5, 0.6) is 0 Å². The SMILES string of the molecule is C[C@H](CO)[C@H]1CC[C@H]2[C@@H]3[C@H](N)C[C@H]4C[C@H](NCCCNCCCCN)CC[C@]4(C)[C@H]3CC[C@]12C. The smallest absolute Gasteiger partial charge is 0.0459 e. The predicted octanol–water partition coefficient (Wildman–Crippen LogP) is 3.89. The van der Waals surface area contributed by atoms with E-state index in [1.54, 1.807) is 0 Å². The standard InChI is InChI=1S/C29H56N4O/c1-20(19-34)23-7-8-24-27-25(10-12-29(23,24)3)28(2)11-9-22(17-21(28)18-26(27)31)33-16-6-15-32-14-5-4-13-30/h20-27,32-34H,4-19,30-31H2,1-3H3/t20-,21-,22-,23-,24+,25+,26-,27+,28+,29-/m1/s1. The summed E-state index contributed by atoms with van der Waals surface area (Å²) < 4.78 is 0. The van der Waals surface area contributed by atoms with Crippen LogP contribution in [0.15, 0.2) is 0 Å². The van der Waals surface area contributed by atoms with Crippen molar-refractivity contribution in [2.45, 2.75) is 103 Å². The summed E-state index contributed by atoms with van der Waals surface area (Å²) in [7, 11) is 0. The van der Waals surface area contributed by atoms with Crippen molar-refractivity contribution in [3.8, 4) is 0 Å². The lowest BCUT2D eigenvalue weighted by Gasteiger charge is -2.63. The molecule has 0 amide bonds. The fraction of sp³-hybridized carbons (Fsp3) is 1.00. The van der Waals surface area contributed by atoms with Gasteiger partial charge in [0.05, 0.1) is 0 Å². The summed E-state index contributed by atoms with van der Waals surface area (Å²) in [6.45, 7) is 12.0. The van der Waals surface area contributed by atoms with Gasteiger partial charge >= 0.3 is 0 Å². The van der Waals surface area contributed by atoms with Crippen LogP contribution >= 0.6 is 0 Å². The van der Waals surface area contributed by atoms with Gasteiger partial charge in [-0.25, -0.2) is 0 Å². The van der Waals surface area contributed by atoms with E-state index in [4.69, 9.17) is 11.5 Å². The quantitative estimate of drug-likeness (QED) is 0.292. The molecule has 0 saturated heterocycles. The molecule has 4 saturated carbocycles. The van der Waals surface area contributed by atoms with Crippen LogP contribution in [0, 0.1) is 46.3 Å². The number of hydrogen-bond acceptors (Lipinski definition) is 5. The Hall–Kier alpha value is -0.200. The van der Waals surface area contributed by atoms with E-state index in [9.17, 15) is 5.11 Å². The van der Waals surface area contributed by atoms with Crippen molar-refractivity contribution in [2.75, 3.05) is 32.8 Å². The van der Waals surface area contributed by atoms with Gasteiger partial charge in [0.2, 0.25) is 0 Å². The second-order valence-corrected chi connectivity index (χ2v) is 13.3.